The molecule has 0 saturated heterocycles. The SMILES string of the molecule is Cn1ccnc1CNCc1ccc(NC(=O)OC(C)(C)C)cc1. The van der Waals surface area contributed by atoms with Gasteiger partial charge < -0.3 is 14.6 Å². The highest BCUT2D eigenvalue weighted by Gasteiger charge is 2.15. The van der Waals surface area contributed by atoms with E-state index in [1.54, 1.807) is 6.20 Å². The molecule has 1 aromatic carbocycles. The predicted molar refractivity (Wildman–Crippen MR) is 90.1 cm³/mol. The monoisotopic (exact) mass is 316 g/mol. The van der Waals surface area contributed by atoms with Crippen molar-refractivity contribution in [2.45, 2.75) is 39.5 Å². The number of nitrogens with one attached hydrogen (secondary N) is 2. The lowest BCUT2D eigenvalue weighted by atomic mass is 10.2. The van der Waals surface area contributed by atoms with Gasteiger partial charge in [-0.3, -0.25) is 5.32 Å². The van der Waals surface area contributed by atoms with E-state index in [0.29, 0.717) is 12.2 Å². The summed E-state index contributed by atoms with van der Waals surface area (Å²) in [6.07, 6.45) is 3.26. The zero-order valence-corrected chi connectivity index (χ0v) is 14.1. The van der Waals surface area contributed by atoms with Crippen LogP contribution in [0, 0.1) is 0 Å². The molecule has 0 saturated carbocycles. The molecule has 1 heterocycles. The van der Waals surface area contributed by atoms with Gasteiger partial charge in [-0.25, -0.2) is 9.78 Å². The van der Waals surface area contributed by atoms with Gasteiger partial charge in [0, 0.05) is 31.7 Å². The molecule has 0 unspecified atom stereocenters. The summed E-state index contributed by atoms with van der Waals surface area (Å²) in [5, 5.41) is 6.06. The highest BCUT2D eigenvalue weighted by molar-refractivity contribution is 5.84. The number of amides is 1. The smallest absolute Gasteiger partial charge is 0.412 e. The van der Waals surface area contributed by atoms with Crippen molar-refractivity contribution in [2.24, 2.45) is 7.05 Å². The fourth-order valence-electron chi connectivity index (χ4n) is 2.01. The maximum absolute atomic E-state index is 11.7. The molecule has 0 atom stereocenters. The summed E-state index contributed by atoms with van der Waals surface area (Å²) in [4.78, 5) is 16.0. The summed E-state index contributed by atoms with van der Waals surface area (Å²) in [6, 6.07) is 7.67. The minimum atomic E-state index is -0.501. The van der Waals surface area contributed by atoms with E-state index in [1.165, 1.54) is 0 Å². The summed E-state index contributed by atoms with van der Waals surface area (Å²) in [5.74, 6) is 0.994. The van der Waals surface area contributed by atoms with Crippen LogP contribution in [0.4, 0.5) is 10.5 Å². The number of hydrogen-bond acceptors (Lipinski definition) is 4. The molecular weight excluding hydrogens is 292 g/mol. The number of hydrogen-bond donors (Lipinski definition) is 2. The summed E-state index contributed by atoms with van der Waals surface area (Å²) in [5.41, 5.74) is 1.35. The van der Waals surface area contributed by atoms with Crippen LogP contribution < -0.4 is 10.6 Å². The Morgan fingerprint density at radius 2 is 1.91 bits per heavy atom. The van der Waals surface area contributed by atoms with Crippen LogP contribution in [0.2, 0.25) is 0 Å². The Bertz CT molecular complexity index is 641. The van der Waals surface area contributed by atoms with Crippen molar-refractivity contribution >= 4 is 11.8 Å². The molecule has 2 N–H and O–H groups in total. The summed E-state index contributed by atoms with van der Waals surface area (Å²) in [6.45, 7) is 6.95. The molecule has 0 radical (unpaired) electrons. The molecule has 2 rings (SSSR count). The maximum atomic E-state index is 11.7. The van der Waals surface area contributed by atoms with Gasteiger partial charge in [0.2, 0.25) is 0 Å². The number of aromatic nitrogens is 2. The maximum Gasteiger partial charge on any atom is 0.412 e. The van der Waals surface area contributed by atoms with Gasteiger partial charge in [0.25, 0.3) is 0 Å². The van der Waals surface area contributed by atoms with Crippen LogP contribution >= 0.6 is 0 Å². The Kier molecular flexibility index (Phi) is 5.39. The minimum Gasteiger partial charge on any atom is -0.444 e. The lowest BCUT2D eigenvalue weighted by molar-refractivity contribution is 0.0636. The van der Waals surface area contributed by atoms with Gasteiger partial charge in [-0.15, -0.1) is 0 Å². The third kappa shape index (κ3) is 5.75. The van der Waals surface area contributed by atoms with Crippen LogP contribution in [0.5, 0.6) is 0 Å². The predicted octanol–water partition coefficient (Wildman–Crippen LogP) is 3.06. The molecule has 0 spiro atoms. The Morgan fingerprint density at radius 1 is 1.22 bits per heavy atom. The average molecular weight is 316 g/mol. The first-order chi connectivity index (χ1) is 10.8. The number of rotatable bonds is 5. The Labute approximate surface area is 136 Å². The first-order valence-corrected chi connectivity index (χ1v) is 7.59. The number of carbonyl (C=O) groups excluding carboxylic acids is 1. The Morgan fingerprint density at radius 3 is 2.48 bits per heavy atom. The number of carbonyl (C=O) groups is 1. The number of benzene rings is 1. The van der Waals surface area contributed by atoms with E-state index in [0.717, 1.165) is 17.9 Å². The molecular formula is C17H24N4O2. The quantitative estimate of drug-likeness (QED) is 0.889. The molecule has 2 aromatic rings. The molecule has 1 amide bonds. The van der Waals surface area contributed by atoms with E-state index in [1.807, 2.05) is 62.8 Å². The number of aryl methyl sites for hydroxylation is 1. The van der Waals surface area contributed by atoms with E-state index < -0.39 is 11.7 Å². The first kappa shape index (κ1) is 17.0. The van der Waals surface area contributed by atoms with Crippen LogP contribution in [0.25, 0.3) is 0 Å². The van der Waals surface area contributed by atoms with Crippen molar-refractivity contribution < 1.29 is 9.53 Å². The van der Waals surface area contributed by atoms with Gasteiger partial charge >= 0.3 is 6.09 Å². The molecule has 0 aliphatic heterocycles. The lowest BCUT2D eigenvalue weighted by Crippen LogP contribution is -2.27. The normalized spacial score (nSPS) is 11.3. The third-order valence-corrected chi connectivity index (χ3v) is 3.13. The van der Waals surface area contributed by atoms with E-state index in [4.69, 9.17) is 4.74 Å². The molecule has 0 fully saturated rings. The van der Waals surface area contributed by atoms with E-state index >= 15 is 0 Å². The molecule has 23 heavy (non-hydrogen) atoms. The van der Waals surface area contributed by atoms with Crippen molar-refractivity contribution in [3.63, 3.8) is 0 Å². The van der Waals surface area contributed by atoms with Crippen LogP contribution in [0.15, 0.2) is 36.7 Å². The second-order valence-corrected chi connectivity index (χ2v) is 6.38. The van der Waals surface area contributed by atoms with Crippen molar-refractivity contribution in [1.82, 2.24) is 14.9 Å². The summed E-state index contributed by atoms with van der Waals surface area (Å²) < 4.78 is 7.20. The molecule has 6 heteroatoms. The second kappa shape index (κ2) is 7.28. The van der Waals surface area contributed by atoms with Crippen LogP contribution in [-0.4, -0.2) is 21.2 Å². The van der Waals surface area contributed by atoms with Gasteiger partial charge in [0.15, 0.2) is 0 Å². The van der Waals surface area contributed by atoms with Gasteiger partial charge in [-0.1, -0.05) is 12.1 Å². The number of nitrogens with zero attached hydrogens (tertiary/aromatic N) is 2. The van der Waals surface area contributed by atoms with Crippen LogP contribution in [0.1, 0.15) is 32.2 Å². The Balaban J connectivity index is 1.80. The van der Waals surface area contributed by atoms with E-state index in [9.17, 15) is 4.79 Å². The van der Waals surface area contributed by atoms with Gasteiger partial charge in [0.05, 0.1) is 6.54 Å². The molecule has 124 valence electrons. The van der Waals surface area contributed by atoms with Crippen molar-refractivity contribution in [2.75, 3.05) is 5.32 Å². The minimum absolute atomic E-state index is 0.446. The summed E-state index contributed by atoms with van der Waals surface area (Å²) >= 11 is 0. The Hall–Kier alpha value is -2.34. The second-order valence-electron chi connectivity index (χ2n) is 6.38. The fourth-order valence-corrected chi connectivity index (χ4v) is 2.01. The van der Waals surface area contributed by atoms with Crippen LogP contribution in [0.3, 0.4) is 0 Å². The van der Waals surface area contributed by atoms with E-state index in [-0.39, 0.29) is 0 Å². The van der Waals surface area contributed by atoms with E-state index in [2.05, 4.69) is 15.6 Å². The van der Waals surface area contributed by atoms with Crippen molar-refractivity contribution in [1.29, 1.82) is 0 Å². The average Bonchev–Trinajstić information content (AvgIpc) is 2.84. The molecule has 6 nitrogen and oxygen atoms in total. The zero-order valence-electron chi connectivity index (χ0n) is 14.1. The molecule has 0 aliphatic rings. The first-order valence-electron chi connectivity index (χ1n) is 7.59. The number of imidazole rings is 1. The van der Waals surface area contributed by atoms with Crippen molar-refractivity contribution in [3.8, 4) is 0 Å². The molecule has 1 aromatic heterocycles. The number of ether oxygens (including phenoxy) is 1. The molecule has 0 aliphatic carbocycles. The van der Waals surface area contributed by atoms with Gasteiger partial charge in [-0.2, -0.15) is 0 Å². The molecule has 0 bridgehead atoms. The van der Waals surface area contributed by atoms with Gasteiger partial charge in [0.1, 0.15) is 11.4 Å². The summed E-state index contributed by atoms with van der Waals surface area (Å²) in [7, 11) is 1.97. The largest absolute Gasteiger partial charge is 0.444 e. The van der Waals surface area contributed by atoms with Crippen LogP contribution in [-0.2, 0) is 24.9 Å². The highest BCUT2D eigenvalue weighted by atomic mass is 16.6. The van der Waals surface area contributed by atoms with Crippen molar-refractivity contribution in [3.05, 3.63) is 48.0 Å². The number of anilines is 1. The van der Waals surface area contributed by atoms with Gasteiger partial charge in [-0.05, 0) is 38.5 Å². The zero-order chi connectivity index (χ0) is 16.9. The lowest BCUT2D eigenvalue weighted by Gasteiger charge is -2.19. The third-order valence-electron chi connectivity index (χ3n) is 3.13. The standard InChI is InChI=1S/C17H24N4O2/c1-17(2,3)23-16(22)20-14-7-5-13(6-8-14)11-18-12-15-19-9-10-21(15)4/h5-10,18H,11-12H2,1-4H3,(H,20,22). The topological polar surface area (TPSA) is 68.2 Å². The highest BCUT2D eigenvalue weighted by Crippen LogP contribution is 2.13. The fraction of sp³-hybridized carbons (Fsp3) is 0.412.